The lowest BCUT2D eigenvalue weighted by Crippen LogP contribution is -2.44. The lowest BCUT2D eigenvalue weighted by Gasteiger charge is -2.32. The van der Waals surface area contributed by atoms with Crippen molar-refractivity contribution in [3.05, 3.63) is 0 Å². The molecule has 0 spiro atoms. The molecular weight excluding hydrogens is 264 g/mol. The van der Waals surface area contributed by atoms with Gasteiger partial charge in [-0.15, -0.1) is 0 Å². The SMILES string of the molecule is CCC(OC1CCCC(C)C1)C(=O)N1CC(CN)CC1C. The zero-order chi connectivity index (χ0) is 15.4. The van der Waals surface area contributed by atoms with E-state index in [9.17, 15) is 4.79 Å². The highest BCUT2D eigenvalue weighted by Gasteiger charge is 2.36. The predicted octanol–water partition coefficient (Wildman–Crippen LogP) is 2.56. The van der Waals surface area contributed by atoms with Crippen LogP contribution in [0.15, 0.2) is 0 Å². The van der Waals surface area contributed by atoms with E-state index in [1.54, 1.807) is 0 Å². The minimum absolute atomic E-state index is 0.180. The minimum atomic E-state index is -0.265. The minimum Gasteiger partial charge on any atom is -0.365 e. The highest BCUT2D eigenvalue weighted by molar-refractivity contribution is 5.81. The Morgan fingerprint density at radius 1 is 1.33 bits per heavy atom. The Kier molecular flexibility index (Phi) is 6.06. The summed E-state index contributed by atoms with van der Waals surface area (Å²) in [6.07, 6.45) is 6.53. The molecule has 1 aliphatic carbocycles. The molecule has 4 heteroatoms. The van der Waals surface area contributed by atoms with E-state index in [4.69, 9.17) is 10.5 Å². The fourth-order valence-corrected chi connectivity index (χ4v) is 3.87. The Balaban J connectivity index is 1.92. The average molecular weight is 296 g/mol. The summed E-state index contributed by atoms with van der Waals surface area (Å²) in [4.78, 5) is 14.8. The monoisotopic (exact) mass is 296 g/mol. The molecule has 1 saturated heterocycles. The number of amides is 1. The van der Waals surface area contributed by atoms with Gasteiger partial charge in [-0.1, -0.05) is 26.7 Å². The Hall–Kier alpha value is -0.610. The van der Waals surface area contributed by atoms with Gasteiger partial charge in [0.1, 0.15) is 6.10 Å². The van der Waals surface area contributed by atoms with E-state index in [2.05, 4.69) is 20.8 Å². The number of ether oxygens (including phenoxy) is 1. The molecule has 1 aliphatic heterocycles. The lowest BCUT2D eigenvalue weighted by molar-refractivity contribution is -0.150. The van der Waals surface area contributed by atoms with E-state index >= 15 is 0 Å². The molecule has 2 aliphatic rings. The van der Waals surface area contributed by atoms with Crippen LogP contribution in [0.5, 0.6) is 0 Å². The van der Waals surface area contributed by atoms with E-state index in [0.717, 1.165) is 38.1 Å². The summed E-state index contributed by atoms with van der Waals surface area (Å²) in [5.41, 5.74) is 5.76. The largest absolute Gasteiger partial charge is 0.365 e. The summed E-state index contributed by atoms with van der Waals surface area (Å²) in [7, 11) is 0. The van der Waals surface area contributed by atoms with E-state index in [1.165, 1.54) is 12.8 Å². The van der Waals surface area contributed by atoms with Crippen molar-refractivity contribution in [3.63, 3.8) is 0 Å². The summed E-state index contributed by atoms with van der Waals surface area (Å²) in [6, 6.07) is 0.300. The molecule has 0 radical (unpaired) electrons. The third-order valence-corrected chi connectivity index (χ3v) is 5.17. The normalized spacial score (nSPS) is 35.0. The molecule has 5 unspecified atom stereocenters. The van der Waals surface area contributed by atoms with Gasteiger partial charge in [0, 0.05) is 12.6 Å². The maximum atomic E-state index is 12.8. The maximum Gasteiger partial charge on any atom is 0.251 e. The zero-order valence-electron chi connectivity index (χ0n) is 13.9. The first-order chi connectivity index (χ1) is 10.0. The summed E-state index contributed by atoms with van der Waals surface area (Å²) in [6.45, 7) is 7.94. The summed E-state index contributed by atoms with van der Waals surface area (Å²) in [5.74, 6) is 1.36. The Bertz CT molecular complexity index is 348. The molecule has 1 amide bonds. The van der Waals surface area contributed by atoms with Gasteiger partial charge < -0.3 is 15.4 Å². The summed E-state index contributed by atoms with van der Waals surface area (Å²) < 4.78 is 6.18. The zero-order valence-corrected chi connectivity index (χ0v) is 13.9. The molecule has 4 nitrogen and oxygen atoms in total. The highest BCUT2D eigenvalue weighted by atomic mass is 16.5. The quantitative estimate of drug-likeness (QED) is 0.848. The molecule has 1 saturated carbocycles. The van der Waals surface area contributed by atoms with Crippen molar-refractivity contribution >= 4 is 5.91 Å². The molecular formula is C17H32N2O2. The fraction of sp³-hybridized carbons (Fsp3) is 0.941. The van der Waals surface area contributed by atoms with Crippen LogP contribution in [0.4, 0.5) is 0 Å². The first kappa shape index (κ1) is 16.8. The number of carbonyl (C=O) groups excluding carboxylic acids is 1. The molecule has 1 heterocycles. The van der Waals surface area contributed by atoms with Crippen LogP contribution in [0.25, 0.3) is 0 Å². The molecule has 2 N–H and O–H groups in total. The number of likely N-dealkylation sites (tertiary alicyclic amines) is 1. The number of nitrogens with zero attached hydrogens (tertiary/aromatic N) is 1. The number of hydrogen-bond donors (Lipinski definition) is 1. The van der Waals surface area contributed by atoms with Crippen LogP contribution < -0.4 is 5.73 Å². The molecule has 0 aromatic carbocycles. The second-order valence-corrected chi connectivity index (χ2v) is 7.10. The van der Waals surface area contributed by atoms with Crippen LogP contribution in [0.3, 0.4) is 0 Å². The van der Waals surface area contributed by atoms with Gasteiger partial charge in [-0.2, -0.15) is 0 Å². The van der Waals surface area contributed by atoms with Crippen molar-refractivity contribution in [1.82, 2.24) is 4.90 Å². The van der Waals surface area contributed by atoms with Crippen LogP contribution in [0.1, 0.15) is 59.3 Å². The van der Waals surface area contributed by atoms with E-state index in [0.29, 0.717) is 18.5 Å². The summed E-state index contributed by atoms with van der Waals surface area (Å²) >= 11 is 0. The van der Waals surface area contributed by atoms with Crippen LogP contribution in [-0.2, 0) is 9.53 Å². The van der Waals surface area contributed by atoms with E-state index < -0.39 is 0 Å². The van der Waals surface area contributed by atoms with Gasteiger partial charge in [0.25, 0.3) is 5.91 Å². The molecule has 2 fully saturated rings. The van der Waals surface area contributed by atoms with Crippen molar-refractivity contribution in [2.24, 2.45) is 17.6 Å². The molecule has 5 atom stereocenters. The van der Waals surface area contributed by atoms with Crippen molar-refractivity contribution in [3.8, 4) is 0 Å². The van der Waals surface area contributed by atoms with Crippen LogP contribution in [0.2, 0.25) is 0 Å². The number of nitrogens with two attached hydrogens (primary N) is 1. The van der Waals surface area contributed by atoms with Gasteiger partial charge in [0.05, 0.1) is 6.10 Å². The third-order valence-electron chi connectivity index (χ3n) is 5.17. The van der Waals surface area contributed by atoms with Crippen LogP contribution in [0, 0.1) is 11.8 Å². The molecule has 21 heavy (non-hydrogen) atoms. The second kappa shape index (κ2) is 7.59. The van der Waals surface area contributed by atoms with Crippen molar-refractivity contribution in [2.75, 3.05) is 13.1 Å². The molecule has 0 aromatic rings. The molecule has 122 valence electrons. The smallest absolute Gasteiger partial charge is 0.251 e. The van der Waals surface area contributed by atoms with Crippen LogP contribution in [-0.4, -0.2) is 42.1 Å². The Labute approximate surface area is 129 Å². The van der Waals surface area contributed by atoms with Gasteiger partial charge in [-0.3, -0.25) is 4.79 Å². The predicted molar refractivity (Wildman–Crippen MR) is 84.9 cm³/mol. The Morgan fingerprint density at radius 3 is 2.67 bits per heavy atom. The Morgan fingerprint density at radius 2 is 2.10 bits per heavy atom. The van der Waals surface area contributed by atoms with Gasteiger partial charge >= 0.3 is 0 Å². The molecule has 2 rings (SSSR count). The molecule has 0 aromatic heterocycles. The number of hydrogen-bond acceptors (Lipinski definition) is 3. The average Bonchev–Trinajstić information content (AvgIpc) is 2.85. The highest BCUT2D eigenvalue weighted by Crippen LogP contribution is 2.29. The first-order valence-corrected chi connectivity index (χ1v) is 8.71. The van der Waals surface area contributed by atoms with Crippen molar-refractivity contribution in [1.29, 1.82) is 0 Å². The lowest BCUT2D eigenvalue weighted by atomic mass is 9.88. The van der Waals surface area contributed by atoms with Gasteiger partial charge in [-0.05, 0) is 51.0 Å². The van der Waals surface area contributed by atoms with Crippen molar-refractivity contribution in [2.45, 2.75) is 77.5 Å². The van der Waals surface area contributed by atoms with Gasteiger partial charge in [-0.25, -0.2) is 0 Å². The second-order valence-electron chi connectivity index (χ2n) is 7.10. The number of rotatable bonds is 5. The van der Waals surface area contributed by atoms with Crippen LogP contribution >= 0.6 is 0 Å². The first-order valence-electron chi connectivity index (χ1n) is 8.71. The maximum absolute atomic E-state index is 12.8. The molecule has 0 bridgehead atoms. The topological polar surface area (TPSA) is 55.6 Å². The van der Waals surface area contributed by atoms with Crippen molar-refractivity contribution < 1.29 is 9.53 Å². The fourth-order valence-electron chi connectivity index (χ4n) is 3.87. The standard InChI is InChI=1S/C17H32N2O2/c1-4-16(21-15-7-5-6-12(2)8-15)17(20)19-11-14(10-18)9-13(19)3/h12-16H,4-11,18H2,1-3H3. The number of carbonyl (C=O) groups is 1. The van der Waals surface area contributed by atoms with Gasteiger partial charge in [0.2, 0.25) is 0 Å². The van der Waals surface area contributed by atoms with Gasteiger partial charge in [0.15, 0.2) is 0 Å². The summed E-state index contributed by atoms with van der Waals surface area (Å²) in [5, 5.41) is 0. The van der Waals surface area contributed by atoms with E-state index in [1.807, 2.05) is 4.90 Å². The third kappa shape index (κ3) is 4.19. The van der Waals surface area contributed by atoms with E-state index in [-0.39, 0.29) is 18.1 Å².